The average molecular weight is 110 g/mol. The molecule has 0 fully saturated rings. The number of hydrogen-bond donors (Lipinski definition) is 2. The Kier molecular flexibility index (Phi) is 1.07. The highest BCUT2D eigenvalue weighted by atomic mass is 15.2. The van der Waals surface area contributed by atoms with Crippen LogP contribution in [-0.4, -0.2) is 21.4 Å². The molecule has 0 spiro atoms. The fourth-order valence-corrected chi connectivity index (χ4v) is 0.427. The van der Waals surface area contributed by atoms with E-state index >= 15 is 0 Å². The van der Waals surface area contributed by atoms with Crippen LogP contribution >= 0.6 is 0 Å². The molecule has 1 heterocycles. The van der Waals surface area contributed by atoms with Gasteiger partial charge in [-0.2, -0.15) is 5.10 Å². The monoisotopic (exact) mass is 110 g/mol. The van der Waals surface area contributed by atoms with E-state index in [0.717, 1.165) is 6.21 Å². The van der Waals surface area contributed by atoms with Crippen molar-refractivity contribution in [2.45, 2.75) is 6.92 Å². The molecule has 0 atom stereocenters. The zero-order chi connectivity index (χ0) is 5.98. The summed E-state index contributed by atoms with van der Waals surface area (Å²) in [7, 11) is 0. The van der Waals surface area contributed by atoms with Crippen LogP contribution in [0.3, 0.4) is 0 Å². The molecule has 0 saturated heterocycles. The molecule has 0 aliphatic carbocycles. The van der Waals surface area contributed by atoms with Gasteiger partial charge in [0.25, 0.3) is 0 Å². The maximum atomic E-state index is 6.70. The maximum absolute atomic E-state index is 6.70. The van der Waals surface area contributed by atoms with Crippen molar-refractivity contribution in [3.63, 3.8) is 0 Å². The molecule has 0 aliphatic heterocycles. The van der Waals surface area contributed by atoms with E-state index in [9.17, 15) is 0 Å². The number of nitrogens with one attached hydrogen (secondary N) is 2. The number of H-pyrrole nitrogens is 1. The van der Waals surface area contributed by atoms with Gasteiger partial charge in [0.2, 0.25) is 0 Å². The van der Waals surface area contributed by atoms with Crippen LogP contribution in [0.5, 0.6) is 0 Å². The molecule has 8 heavy (non-hydrogen) atoms. The van der Waals surface area contributed by atoms with Crippen LogP contribution in [0.25, 0.3) is 0 Å². The lowest BCUT2D eigenvalue weighted by atomic mass is 10.7. The molecule has 0 amide bonds. The van der Waals surface area contributed by atoms with Crippen molar-refractivity contribution >= 4 is 6.21 Å². The Morgan fingerprint density at radius 1 is 1.75 bits per heavy atom. The first kappa shape index (κ1) is 4.96. The summed E-state index contributed by atoms with van der Waals surface area (Å²) in [5, 5.41) is 12.9. The van der Waals surface area contributed by atoms with E-state index in [0.29, 0.717) is 11.6 Å². The van der Waals surface area contributed by atoms with Gasteiger partial charge in [-0.15, -0.1) is 0 Å². The highest BCUT2D eigenvalue weighted by molar-refractivity contribution is 5.70. The molecule has 0 bridgehead atoms. The van der Waals surface area contributed by atoms with Gasteiger partial charge >= 0.3 is 0 Å². The summed E-state index contributed by atoms with van der Waals surface area (Å²) in [6, 6.07) is 0. The number of rotatable bonds is 1. The van der Waals surface area contributed by atoms with E-state index in [1.54, 1.807) is 6.92 Å². The summed E-state index contributed by atoms with van der Waals surface area (Å²) in [5.74, 6) is 1.17. The molecule has 1 aromatic rings. The minimum absolute atomic E-state index is 0.502. The Labute approximate surface area is 46.5 Å². The first-order valence-electron chi connectivity index (χ1n) is 2.22. The lowest BCUT2D eigenvalue weighted by Crippen LogP contribution is -1.80. The third kappa shape index (κ3) is 0.726. The molecule has 0 unspecified atom stereocenters. The van der Waals surface area contributed by atoms with Crippen LogP contribution in [0.1, 0.15) is 11.6 Å². The highest BCUT2D eigenvalue weighted by Gasteiger charge is 1.89. The predicted octanol–water partition coefficient (Wildman–Crippen LogP) is 0.111. The summed E-state index contributed by atoms with van der Waals surface area (Å²) < 4.78 is 0. The third-order valence-corrected chi connectivity index (χ3v) is 0.751. The van der Waals surface area contributed by atoms with Crippen molar-refractivity contribution < 1.29 is 0 Å². The van der Waals surface area contributed by atoms with E-state index in [1.165, 1.54) is 0 Å². The fourth-order valence-electron chi connectivity index (χ4n) is 0.427. The van der Waals surface area contributed by atoms with Crippen LogP contribution in [0.15, 0.2) is 0 Å². The van der Waals surface area contributed by atoms with Gasteiger partial charge in [-0.1, -0.05) is 0 Å². The van der Waals surface area contributed by atoms with Gasteiger partial charge in [0.1, 0.15) is 5.82 Å². The van der Waals surface area contributed by atoms with Crippen LogP contribution in [0.4, 0.5) is 0 Å². The summed E-state index contributed by atoms with van der Waals surface area (Å²) in [5.41, 5.74) is 0. The zero-order valence-electron chi connectivity index (χ0n) is 4.47. The minimum Gasteiger partial charge on any atom is -0.305 e. The van der Waals surface area contributed by atoms with Gasteiger partial charge in [0, 0.05) is 0 Å². The molecule has 1 rings (SSSR count). The van der Waals surface area contributed by atoms with Gasteiger partial charge < -0.3 is 5.41 Å². The standard InChI is InChI=1S/C4H6N4/c1-3-6-4(2-5)8-7-3/h2,5H,1H3,(H,6,7,8). The molecular weight excluding hydrogens is 104 g/mol. The summed E-state index contributed by atoms with van der Waals surface area (Å²) >= 11 is 0. The second kappa shape index (κ2) is 1.73. The van der Waals surface area contributed by atoms with Crippen molar-refractivity contribution in [1.29, 1.82) is 5.41 Å². The Hall–Kier alpha value is -1.19. The quantitative estimate of drug-likeness (QED) is 0.504. The normalized spacial score (nSPS) is 9.12. The number of nitrogens with zero attached hydrogens (tertiary/aromatic N) is 2. The van der Waals surface area contributed by atoms with Gasteiger partial charge in [-0.25, -0.2) is 4.98 Å². The number of hydrogen-bond acceptors (Lipinski definition) is 3. The fraction of sp³-hybridized carbons (Fsp3) is 0.250. The third-order valence-electron chi connectivity index (χ3n) is 0.751. The van der Waals surface area contributed by atoms with Crippen molar-refractivity contribution in [2.24, 2.45) is 0 Å². The Bertz CT molecular complexity index is 190. The lowest BCUT2D eigenvalue weighted by molar-refractivity contribution is 1.03. The highest BCUT2D eigenvalue weighted by Crippen LogP contribution is 1.83. The predicted molar refractivity (Wildman–Crippen MR) is 29.0 cm³/mol. The number of aromatic nitrogens is 3. The first-order valence-corrected chi connectivity index (χ1v) is 2.22. The molecule has 4 heteroatoms. The van der Waals surface area contributed by atoms with Gasteiger partial charge in [-0.3, -0.25) is 5.10 Å². The van der Waals surface area contributed by atoms with Crippen LogP contribution in [0.2, 0.25) is 0 Å². The summed E-state index contributed by atoms with van der Waals surface area (Å²) in [6.07, 6.45) is 1.12. The molecule has 0 aliphatic rings. The van der Waals surface area contributed by atoms with E-state index in [2.05, 4.69) is 15.2 Å². The molecule has 1 aromatic heterocycles. The first-order chi connectivity index (χ1) is 3.83. The van der Waals surface area contributed by atoms with Crippen molar-refractivity contribution in [2.75, 3.05) is 0 Å². The van der Waals surface area contributed by atoms with E-state index in [1.807, 2.05) is 0 Å². The summed E-state index contributed by atoms with van der Waals surface area (Å²) in [6.45, 7) is 1.77. The summed E-state index contributed by atoms with van der Waals surface area (Å²) in [4.78, 5) is 3.82. The average Bonchev–Trinajstić information content (AvgIpc) is 2.14. The second-order valence-electron chi connectivity index (χ2n) is 1.41. The largest absolute Gasteiger partial charge is 0.305 e. The SMILES string of the molecule is Cc1n[nH]c(C=N)n1. The molecule has 0 saturated carbocycles. The second-order valence-corrected chi connectivity index (χ2v) is 1.41. The smallest absolute Gasteiger partial charge is 0.166 e. The number of aromatic amines is 1. The van der Waals surface area contributed by atoms with Gasteiger partial charge in [0.15, 0.2) is 5.82 Å². The molecule has 42 valence electrons. The minimum atomic E-state index is 0.502. The number of aryl methyl sites for hydroxylation is 1. The topological polar surface area (TPSA) is 65.4 Å². The van der Waals surface area contributed by atoms with Gasteiger partial charge in [-0.05, 0) is 6.92 Å². The molecule has 0 radical (unpaired) electrons. The van der Waals surface area contributed by atoms with E-state index < -0.39 is 0 Å². The van der Waals surface area contributed by atoms with Crippen molar-refractivity contribution in [3.8, 4) is 0 Å². The Morgan fingerprint density at radius 3 is 2.75 bits per heavy atom. The molecule has 4 nitrogen and oxygen atoms in total. The lowest BCUT2D eigenvalue weighted by Gasteiger charge is -1.70. The Morgan fingerprint density at radius 2 is 2.50 bits per heavy atom. The zero-order valence-corrected chi connectivity index (χ0v) is 4.47. The van der Waals surface area contributed by atoms with Crippen LogP contribution in [0, 0.1) is 12.3 Å². The van der Waals surface area contributed by atoms with Crippen molar-refractivity contribution in [3.05, 3.63) is 11.6 Å². The van der Waals surface area contributed by atoms with Crippen LogP contribution in [-0.2, 0) is 0 Å². The molecule has 0 aromatic carbocycles. The van der Waals surface area contributed by atoms with Crippen LogP contribution < -0.4 is 0 Å². The van der Waals surface area contributed by atoms with Gasteiger partial charge in [0.05, 0.1) is 6.21 Å². The van der Waals surface area contributed by atoms with E-state index in [4.69, 9.17) is 5.41 Å². The van der Waals surface area contributed by atoms with E-state index in [-0.39, 0.29) is 0 Å². The Balaban J connectivity index is 3.00. The molecule has 2 N–H and O–H groups in total. The maximum Gasteiger partial charge on any atom is 0.166 e. The molecular formula is C4H6N4. The van der Waals surface area contributed by atoms with Crippen molar-refractivity contribution in [1.82, 2.24) is 15.2 Å².